The molecule has 8 rings (SSSR count). The molecular weight excluding hydrogens is 548 g/mol. The first kappa shape index (κ1) is 24.9. The molecule has 1 saturated carbocycles. The van der Waals surface area contributed by atoms with E-state index in [1.807, 2.05) is 0 Å². The fraction of sp³-hybridized carbons (Fsp3) is 0.310. The number of hydrogen-bond acceptors (Lipinski definition) is 6. The molecule has 3 unspecified atom stereocenters. The standard InChI is InChI=1S/C29H20F4N2O6/c30-10-2-1-9-5-14-22(28(14)24(37)25(38)29(32,33)16(8-36)41-28)21-17(12(9)6-10)19-20(27(40)35-26(19)39)18-13-7-11(31)3-4-15(13)34-23(18)21/h1-4,6-7,14,16,22,24-25,34,36-38H,5,8H2,(H,35,39,40)/t14?,16-,22?,24-,25-,28?/m1/s1. The number of rotatable bonds is 1. The third kappa shape index (κ3) is 2.87. The van der Waals surface area contributed by atoms with Gasteiger partial charge in [-0.1, -0.05) is 6.07 Å². The number of alkyl halides is 2. The van der Waals surface area contributed by atoms with E-state index in [0.717, 1.165) is 0 Å². The second-order valence-corrected chi connectivity index (χ2v) is 11.2. The lowest BCUT2D eigenvalue weighted by Gasteiger charge is -2.44. The minimum absolute atomic E-state index is 0.0473. The summed E-state index contributed by atoms with van der Waals surface area (Å²) in [6, 6.07) is 7.72. The molecule has 5 N–H and O–H groups in total. The smallest absolute Gasteiger partial charge is 0.303 e. The quantitative estimate of drug-likeness (QED) is 0.177. The van der Waals surface area contributed by atoms with E-state index >= 15 is 0 Å². The van der Waals surface area contributed by atoms with Crippen molar-refractivity contribution in [2.45, 2.75) is 42.2 Å². The number of amides is 2. The summed E-state index contributed by atoms with van der Waals surface area (Å²) in [5.41, 5.74) is -0.0619. The Labute approximate surface area is 227 Å². The molecule has 1 aromatic heterocycles. The SMILES string of the molecule is O=C1NC(=O)c2c1c1c(c3[nH]c4ccc(F)cc4c23)C2C(Cc3ccc(F)cc3-1)C21O[C@H](CO)C(F)(F)[C@H](O)[C@H]1O. The maximum atomic E-state index is 14.9. The molecule has 0 radical (unpaired) electrons. The Bertz CT molecular complexity index is 1880. The molecule has 41 heavy (non-hydrogen) atoms. The van der Waals surface area contributed by atoms with Gasteiger partial charge in [0.1, 0.15) is 35.5 Å². The molecule has 2 aliphatic carbocycles. The maximum Gasteiger partial charge on any atom is 0.303 e. The van der Waals surface area contributed by atoms with Gasteiger partial charge in [0.05, 0.1) is 23.3 Å². The molecule has 1 spiro atoms. The van der Waals surface area contributed by atoms with Gasteiger partial charge in [-0.3, -0.25) is 14.9 Å². The van der Waals surface area contributed by atoms with E-state index in [4.69, 9.17) is 4.74 Å². The third-order valence-corrected chi connectivity index (χ3v) is 9.28. The van der Waals surface area contributed by atoms with E-state index in [-0.39, 0.29) is 45.0 Å². The summed E-state index contributed by atoms with van der Waals surface area (Å²) >= 11 is 0. The van der Waals surface area contributed by atoms with Gasteiger partial charge in [0.2, 0.25) is 0 Å². The fourth-order valence-electron chi connectivity index (χ4n) is 7.53. The molecule has 2 aliphatic heterocycles. The van der Waals surface area contributed by atoms with E-state index in [1.165, 1.54) is 36.4 Å². The molecule has 4 aromatic rings. The highest BCUT2D eigenvalue weighted by Gasteiger charge is 2.78. The Morgan fingerprint density at radius 1 is 0.951 bits per heavy atom. The van der Waals surface area contributed by atoms with Crippen molar-refractivity contribution in [3.8, 4) is 11.1 Å². The number of halogens is 4. The van der Waals surface area contributed by atoms with Crippen molar-refractivity contribution in [2.24, 2.45) is 5.92 Å². The number of carbonyl (C=O) groups is 2. The Morgan fingerprint density at radius 3 is 2.41 bits per heavy atom. The molecule has 210 valence electrons. The van der Waals surface area contributed by atoms with Crippen molar-refractivity contribution in [2.75, 3.05) is 6.61 Å². The normalized spacial score (nSPS) is 31.0. The van der Waals surface area contributed by atoms with Crippen molar-refractivity contribution in [3.05, 3.63) is 70.3 Å². The summed E-state index contributed by atoms with van der Waals surface area (Å²) in [6.07, 6.45) is -6.76. The number of carbonyl (C=O) groups excluding carboxylic acids is 2. The van der Waals surface area contributed by atoms with Crippen LogP contribution in [0.25, 0.3) is 32.9 Å². The highest BCUT2D eigenvalue weighted by Crippen LogP contribution is 2.70. The lowest BCUT2D eigenvalue weighted by molar-refractivity contribution is -0.307. The van der Waals surface area contributed by atoms with Gasteiger partial charge in [0.15, 0.2) is 0 Å². The summed E-state index contributed by atoms with van der Waals surface area (Å²) in [7, 11) is 0. The Balaban J connectivity index is 1.52. The van der Waals surface area contributed by atoms with Gasteiger partial charge >= 0.3 is 5.92 Å². The van der Waals surface area contributed by atoms with Crippen molar-refractivity contribution >= 4 is 33.6 Å². The summed E-state index contributed by atoms with van der Waals surface area (Å²) in [6.45, 7) is -1.14. The van der Waals surface area contributed by atoms with E-state index in [0.29, 0.717) is 16.6 Å². The van der Waals surface area contributed by atoms with E-state index in [1.54, 1.807) is 0 Å². The molecule has 12 heteroatoms. The number of imide groups is 1. The predicted molar refractivity (Wildman–Crippen MR) is 135 cm³/mol. The minimum atomic E-state index is -3.97. The van der Waals surface area contributed by atoms with Crippen molar-refractivity contribution in [3.63, 3.8) is 0 Å². The minimum Gasteiger partial charge on any atom is -0.393 e. The van der Waals surface area contributed by atoms with E-state index in [2.05, 4.69) is 10.3 Å². The number of fused-ring (bicyclic) bond motifs is 14. The predicted octanol–water partition coefficient (Wildman–Crippen LogP) is 2.91. The maximum absolute atomic E-state index is 14.9. The molecule has 3 heterocycles. The van der Waals surface area contributed by atoms with Crippen LogP contribution in [0.15, 0.2) is 36.4 Å². The zero-order valence-electron chi connectivity index (χ0n) is 20.8. The highest BCUT2D eigenvalue weighted by atomic mass is 19.3. The van der Waals surface area contributed by atoms with Gasteiger partial charge in [-0.25, -0.2) is 17.6 Å². The van der Waals surface area contributed by atoms with Crippen LogP contribution in [0.5, 0.6) is 0 Å². The fourth-order valence-corrected chi connectivity index (χ4v) is 7.53. The number of hydrogen-bond donors (Lipinski definition) is 5. The molecule has 4 aliphatic rings. The molecule has 3 aromatic carbocycles. The number of aliphatic hydroxyl groups is 3. The van der Waals surface area contributed by atoms with Gasteiger partial charge in [0.25, 0.3) is 11.8 Å². The van der Waals surface area contributed by atoms with Crippen LogP contribution in [-0.2, 0) is 11.2 Å². The third-order valence-electron chi connectivity index (χ3n) is 9.28. The average Bonchev–Trinajstić information content (AvgIpc) is 3.28. The van der Waals surface area contributed by atoms with Gasteiger partial charge in [0, 0.05) is 33.7 Å². The van der Waals surface area contributed by atoms with Crippen molar-refractivity contribution in [1.29, 1.82) is 0 Å². The Kier molecular flexibility index (Phi) is 4.68. The second kappa shape index (κ2) is 7.71. The summed E-state index contributed by atoms with van der Waals surface area (Å²) in [4.78, 5) is 29.7. The largest absolute Gasteiger partial charge is 0.393 e. The van der Waals surface area contributed by atoms with Crippen LogP contribution in [0, 0.1) is 17.6 Å². The van der Waals surface area contributed by atoms with Crippen LogP contribution in [0.3, 0.4) is 0 Å². The number of benzene rings is 3. The van der Waals surface area contributed by atoms with Gasteiger partial charge in [-0.2, -0.15) is 0 Å². The van der Waals surface area contributed by atoms with Gasteiger partial charge in [-0.05, 0) is 53.4 Å². The molecule has 2 amide bonds. The first-order valence-corrected chi connectivity index (χ1v) is 13.0. The van der Waals surface area contributed by atoms with Gasteiger partial charge in [-0.15, -0.1) is 0 Å². The van der Waals surface area contributed by atoms with E-state index < -0.39 is 71.7 Å². The molecule has 1 saturated heterocycles. The first-order valence-electron chi connectivity index (χ1n) is 13.0. The monoisotopic (exact) mass is 568 g/mol. The van der Waals surface area contributed by atoms with Crippen molar-refractivity contribution in [1.82, 2.24) is 10.3 Å². The van der Waals surface area contributed by atoms with E-state index in [9.17, 15) is 42.5 Å². The first-order chi connectivity index (χ1) is 19.5. The van der Waals surface area contributed by atoms with Crippen LogP contribution in [0.4, 0.5) is 17.6 Å². The molecular formula is C29H20F4N2O6. The zero-order valence-corrected chi connectivity index (χ0v) is 20.8. The number of nitrogens with one attached hydrogen (secondary N) is 2. The van der Waals surface area contributed by atoms with Crippen LogP contribution in [0.2, 0.25) is 0 Å². The second-order valence-electron chi connectivity index (χ2n) is 11.2. The topological polar surface area (TPSA) is 132 Å². The molecule has 6 atom stereocenters. The Hall–Kier alpha value is -3.84. The van der Waals surface area contributed by atoms with Crippen molar-refractivity contribution < 1.29 is 47.2 Å². The summed E-state index contributed by atoms with van der Waals surface area (Å²) in [5, 5.41) is 34.3. The van der Waals surface area contributed by atoms with Crippen LogP contribution in [0.1, 0.15) is 37.8 Å². The zero-order chi connectivity index (χ0) is 28.7. The average molecular weight is 568 g/mol. The lowest BCUT2D eigenvalue weighted by atomic mass is 9.82. The number of aliphatic hydroxyl groups excluding tert-OH is 3. The lowest BCUT2D eigenvalue weighted by Crippen LogP contribution is -2.64. The molecule has 2 fully saturated rings. The molecule has 8 nitrogen and oxygen atoms in total. The number of aromatic nitrogens is 1. The summed E-state index contributed by atoms with van der Waals surface area (Å²) in [5.74, 6) is -8.42. The Morgan fingerprint density at radius 2 is 1.66 bits per heavy atom. The van der Waals surface area contributed by atoms with Gasteiger partial charge < -0.3 is 25.0 Å². The van der Waals surface area contributed by atoms with Crippen LogP contribution >= 0.6 is 0 Å². The number of aromatic amines is 1. The highest BCUT2D eigenvalue weighted by molar-refractivity contribution is 6.33. The molecule has 0 bridgehead atoms. The summed E-state index contributed by atoms with van der Waals surface area (Å²) < 4.78 is 64.7. The number of H-pyrrole nitrogens is 1. The van der Waals surface area contributed by atoms with Crippen LogP contribution < -0.4 is 5.32 Å². The number of ether oxygens (including phenoxy) is 1. The van der Waals surface area contributed by atoms with Crippen LogP contribution in [-0.4, -0.2) is 68.6 Å².